The zero-order chi connectivity index (χ0) is 19.5. The zero-order valence-corrected chi connectivity index (χ0v) is 16.9. The fourth-order valence-electron chi connectivity index (χ4n) is 3.84. The average Bonchev–Trinajstić information content (AvgIpc) is 3.35. The van der Waals surface area contributed by atoms with Gasteiger partial charge in [-0.2, -0.15) is 0 Å². The maximum Gasteiger partial charge on any atom is 0.272 e. The molecule has 0 radical (unpaired) electrons. The second-order valence-electron chi connectivity index (χ2n) is 7.14. The van der Waals surface area contributed by atoms with E-state index in [1.54, 1.807) is 4.57 Å². The minimum Gasteiger partial charge on any atom is -0.356 e. The maximum atomic E-state index is 12.6. The van der Waals surface area contributed by atoms with Gasteiger partial charge in [0.05, 0.1) is 5.52 Å². The molecule has 3 aromatic heterocycles. The molecule has 148 valence electrons. The van der Waals surface area contributed by atoms with Crippen LogP contribution >= 0.6 is 11.3 Å². The van der Waals surface area contributed by atoms with Gasteiger partial charge in [0.2, 0.25) is 11.7 Å². The zero-order valence-electron chi connectivity index (χ0n) is 16.1. The topological polar surface area (TPSA) is 81.3 Å². The molecular weight excluding hydrogens is 374 g/mol. The molecule has 0 unspecified atom stereocenters. The van der Waals surface area contributed by atoms with Crippen molar-refractivity contribution < 1.29 is 4.79 Å². The molecule has 3 aromatic rings. The van der Waals surface area contributed by atoms with Crippen molar-refractivity contribution in [1.82, 2.24) is 24.5 Å². The Hall–Kier alpha value is -2.48. The number of nitrogens with zero attached hydrogens (tertiary/aromatic N) is 4. The van der Waals surface area contributed by atoms with Gasteiger partial charge >= 0.3 is 0 Å². The Labute approximate surface area is 167 Å². The maximum absolute atomic E-state index is 12.6. The third-order valence-electron chi connectivity index (χ3n) is 5.32. The lowest BCUT2D eigenvalue weighted by Crippen LogP contribution is -2.25. The Kier molecular flexibility index (Phi) is 5.57. The van der Waals surface area contributed by atoms with E-state index in [0.29, 0.717) is 42.2 Å². The number of allylic oxidation sites excluding steroid dienone is 1. The van der Waals surface area contributed by atoms with Crippen molar-refractivity contribution in [2.45, 2.75) is 58.4 Å². The Morgan fingerprint density at radius 1 is 1.29 bits per heavy atom. The largest absolute Gasteiger partial charge is 0.356 e. The van der Waals surface area contributed by atoms with E-state index < -0.39 is 0 Å². The molecule has 28 heavy (non-hydrogen) atoms. The van der Waals surface area contributed by atoms with Gasteiger partial charge in [-0.3, -0.25) is 18.6 Å². The van der Waals surface area contributed by atoms with E-state index in [9.17, 15) is 9.59 Å². The lowest BCUT2D eigenvalue weighted by molar-refractivity contribution is -0.121. The van der Waals surface area contributed by atoms with Crippen LogP contribution in [0.1, 0.15) is 51.3 Å². The first kappa shape index (κ1) is 18.9. The van der Waals surface area contributed by atoms with Crippen molar-refractivity contribution >= 4 is 33.2 Å². The second kappa shape index (κ2) is 8.26. The van der Waals surface area contributed by atoms with Gasteiger partial charge in [-0.05, 0) is 50.5 Å². The van der Waals surface area contributed by atoms with Crippen molar-refractivity contribution in [2.24, 2.45) is 0 Å². The van der Waals surface area contributed by atoms with E-state index in [1.807, 2.05) is 22.8 Å². The van der Waals surface area contributed by atoms with Crippen LogP contribution in [-0.2, 0) is 17.8 Å². The molecule has 1 aliphatic carbocycles. The molecule has 7 nitrogen and oxygen atoms in total. The highest BCUT2D eigenvalue weighted by molar-refractivity contribution is 7.17. The molecule has 0 bridgehead atoms. The summed E-state index contributed by atoms with van der Waals surface area (Å²) in [5.41, 5.74) is 2.25. The van der Waals surface area contributed by atoms with Crippen LogP contribution in [0.5, 0.6) is 0 Å². The summed E-state index contributed by atoms with van der Waals surface area (Å²) in [4.78, 5) is 24.8. The standard InChI is InChI=1S/C20H25N5O2S/c1-2-24-19(27)18-15(11-13-28-18)25-16(22-23-20(24)25)8-9-17(26)21-12-10-14-6-4-3-5-7-14/h6,11,13H,2-5,7-10,12H2,1H3,(H,21,26). The minimum absolute atomic E-state index is 0.0264. The first-order chi connectivity index (χ1) is 13.7. The number of hydrogen-bond acceptors (Lipinski definition) is 5. The van der Waals surface area contributed by atoms with Crippen LogP contribution < -0.4 is 10.9 Å². The molecule has 4 rings (SSSR count). The number of carbonyl (C=O) groups excluding carboxylic acids is 1. The Balaban J connectivity index is 1.45. The minimum atomic E-state index is -0.0336. The average molecular weight is 400 g/mol. The van der Waals surface area contributed by atoms with Gasteiger partial charge in [0, 0.05) is 25.9 Å². The molecule has 0 atom stereocenters. The molecule has 0 aromatic carbocycles. The number of carbonyl (C=O) groups is 1. The van der Waals surface area contributed by atoms with Gasteiger partial charge in [0.1, 0.15) is 10.5 Å². The monoisotopic (exact) mass is 399 g/mol. The second-order valence-corrected chi connectivity index (χ2v) is 8.06. The summed E-state index contributed by atoms with van der Waals surface area (Å²) in [5.74, 6) is 1.28. The first-order valence-corrected chi connectivity index (χ1v) is 10.9. The van der Waals surface area contributed by atoms with Gasteiger partial charge in [-0.1, -0.05) is 11.6 Å². The number of aryl methyl sites for hydroxylation is 2. The van der Waals surface area contributed by atoms with Gasteiger partial charge < -0.3 is 5.32 Å². The number of thiophene rings is 1. The summed E-state index contributed by atoms with van der Waals surface area (Å²) in [6.45, 7) is 3.14. The molecule has 0 aliphatic heterocycles. The first-order valence-electron chi connectivity index (χ1n) is 9.97. The van der Waals surface area contributed by atoms with Gasteiger partial charge in [-0.25, -0.2) is 0 Å². The van der Waals surface area contributed by atoms with Crippen LogP contribution in [0.2, 0.25) is 0 Å². The van der Waals surface area contributed by atoms with Crippen LogP contribution in [0.15, 0.2) is 27.9 Å². The number of hydrogen-bond donors (Lipinski definition) is 1. The Bertz CT molecular complexity index is 1090. The lowest BCUT2D eigenvalue weighted by Gasteiger charge is -2.12. The van der Waals surface area contributed by atoms with E-state index in [0.717, 1.165) is 18.4 Å². The van der Waals surface area contributed by atoms with E-state index in [2.05, 4.69) is 21.6 Å². The number of aromatic nitrogens is 4. The molecule has 0 fully saturated rings. The van der Waals surface area contributed by atoms with Crippen molar-refractivity contribution in [3.05, 3.63) is 39.3 Å². The van der Waals surface area contributed by atoms with E-state index in [1.165, 1.54) is 36.2 Å². The third kappa shape index (κ3) is 3.61. The SMILES string of the molecule is CCn1c(=O)c2sccc2n2c(CCC(=O)NCCC3=CCCCC3)nnc12. The van der Waals surface area contributed by atoms with Crippen molar-refractivity contribution in [1.29, 1.82) is 0 Å². The highest BCUT2D eigenvalue weighted by Crippen LogP contribution is 2.21. The van der Waals surface area contributed by atoms with Crippen LogP contribution in [0.4, 0.5) is 0 Å². The summed E-state index contributed by atoms with van der Waals surface area (Å²) in [6, 6.07) is 1.92. The third-order valence-corrected chi connectivity index (χ3v) is 6.22. The molecule has 8 heteroatoms. The molecule has 0 spiro atoms. The van der Waals surface area contributed by atoms with E-state index in [-0.39, 0.29) is 11.5 Å². The molecular formula is C20H25N5O2S. The summed E-state index contributed by atoms with van der Waals surface area (Å²) in [7, 11) is 0. The summed E-state index contributed by atoms with van der Waals surface area (Å²) in [5, 5.41) is 13.4. The highest BCUT2D eigenvalue weighted by Gasteiger charge is 2.17. The van der Waals surface area contributed by atoms with Crippen LogP contribution in [0.25, 0.3) is 16.0 Å². The van der Waals surface area contributed by atoms with Gasteiger partial charge in [-0.15, -0.1) is 21.5 Å². The Morgan fingerprint density at radius 2 is 2.18 bits per heavy atom. The van der Waals surface area contributed by atoms with Crippen LogP contribution in [0.3, 0.4) is 0 Å². The predicted octanol–water partition coefficient (Wildman–Crippen LogP) is 3.06. The normalized spacial score (nSPS) is 14.5. The predicted molar refractivity (Wildman–Crippen MR) is 111 cm³/mol. The van der Waals surface area contributed by atoms with E-state index >= 15 is 0 Å². The van der Waals surface area contributed by atoms with Crippen molar-refractivity contribution in [2.75, 3.05) is 6.54 Å². The van der Waals surface area contributed by atoms with Crippen LogP contribution in [0, 0.1) is 0 Å². The quantitative estimate of drug-likeness (QED) is 0.619. The Morgan fingerprint density at radius 3 is 2.96 bits per heavy atom. The molecule has 1 aliphatic rings. The summed E-state index contributed by atoms with van der Waals surface area (Å²) >= 11 is 1.43. The summed E-state index contributed by atoms with van der Waals surface area (Å²) < 4.78 is 4.24. The molecule has 0 saturated carbocycles. The summed E-state index contributed by atoms with van der Waals surface area (Å²) in [6.07, 6.45) is 8.99. The molecule has 0 saturated heterocycles. The van der Waals surface area contributed by atoms with E-state index in [4.69, 9.17) is 0 Å². The lowest BCUT2D eigenvalue weighted by atomic mass is 9.97. The highest BCUT2D eigenvalue weighted by atomic mass is 32.1. The molecule has 1 N–H and O–H groups in total. The fraction of sp³-hybridized carbons (Fsp3) is 0.500. The van der Waals surface area contributed by atoms with Gasteiger partial charge in [0.15, 0.2) is 0 Å². The van der Waals surface area contributed by atoms with Crippen molar-refractivity contribution in [3.63, 3.8) is 0 Å². The van der Waals surface area contributed by atoms with Crippen molar-refractivity contribution in [3.8, 4) is 0 Å². The number of fused-ring (bicyclic) bond motifs is 3. The number of rotatable bonds is 7. The van der Waals surface area contributed by atoms with Gasteiger partial charge in [0.25, 0.3) is 5.56 Å². The van der Waals surface area contributed by atoms with Crippen LogP contribution in [-0.4, -0.2) is 31.6 Å². The molecule has 1 amide bonds. The fourth-order valence-corrected chi connectivity index (χ4v) is 4.66. The smallest absolute Gasteiger partial charge is 0.272 e. The molecule has 3 heterocycles. The number of amides is 1. The number of nitrogens with one attached hydrogen (secondary N) is 1.